The monoisotopic (exact) mass is 743 g/mol. The van der Waals surface area contributed by atoms with E-state index in [-0.39, 0.29) is 0 Å². The SMILES string of the molecule is c1ccc(-c2ccc(-c3ccc(N(c4ccc5c(c4)C(c4ccccc4)(c4ccccc4)c4ccccc4-5)c4cccc5c4sc4ccccc45)cc3)cc2)cc1. The van der Waals surface area contributed by atoms with Crippen molar-refractivity contribution in [2.75, 3.05) is 4.90 Å². The summed E-state index contributed by atoms with van der Waals surface area (Å²) in [5.41, 5.74) is 15.5. The first-order valence-electron chi connectivity index (χ1n) is 19.6. The van der Waals surface area contributed by atoms with Crippen molar-refractivity contribution in [2.45, 2.75) is 5.41 Å². The summed E-state index contributed by atoms with van der Waals surface area (Å²) in [6.45, 7) is 0. The standard InChI is InChI=1S/C55H37NS/c1-4-15-38(16-5-1)39-27-29-40(30-28-39)41-31-33-44(34-32-41)56(52-25-14-23-49-48-22-11-13-26-53(48)57-54(49)52)45-35-36-47-46-21-10-12-24-50(46)55(51(47)37-45,42-17-6-2-7-18-42)43-19-8-3-9-20-43/h1-37H. The van der Waals surface area contributed by atoms with Crippen molar-refractivity contribution in [2.24, 2.45) is 0 Å². The zero-order valence-corrected chi connectivity index (χ0v) is 32.0. The Hall–Kier alpha value is -7.00. The lowest BCUT2D eigenvalue weighted by atomic mass is 9.67. The third-order valence-corrected chi connectivity index (χ3v) is 13.0. The molecule has 0 aliphatic heterocycles. The first kappa shape index (κ1) is 33.3. The fourth-order valence-corrected chi connectivity index (χ4v) is 10.4. The summed E-state index contributed by atoms with van der Waals surface area (Å²) in [6.07, 6.45) is 0. The highest BCUT2D eigenvalue weighted by molar-refractivity contribution is 7.26. The van der Waals surface area contributed by atoms with Crippen LogP contribution in [0.4, 0.5) is 17.1 Å². The maximum Gasteiger partial charge on any atom is 0.0714 e. The van der Waals surface area contributed by atoms with E-state index in [0.29, 0.717) is 0 Å². The van der Waals surface area contributed by atoms with Crippen LogP contribution in [-0.2, 0) is 5.41 Å². The van der Waals surface area contributed by atoms with E-state index in [1.807, 2.05) is 11.3 Å². The topological polar surface area (TPSA) is 3.24 Å². The van der Waals surface area contributed by atoms with Gasteiger partial charge in [0.05, 0.1) is 15.8 Å². The van der Waals surface area contributed by atoms with Gasteiger partial charge >= 0.3 is 0 Å². The predicted molar refractivity (Wildman–Crippen MR) is 242 cm³/mol. The van der Waals surface area contributed by atoms with Crippen LogP contribution in [0.3, 0.4) is 0 Å². The van der Waals surface area contributed by atoms with Crippen molar-refractivity contribution < 1.29 is 0 Å². The Labute approximate surface area is 337 Å². The van der Waals surface area contributed by atoms with E-state index in [4.69, 9.17) is 0 Å². The van der Waals surface area contributed by atoms with Crippen LogP contribution in [0.2, 0.25) is 0 Å². The summed E-state index contributed by atoms with van der Waals surface area (Å²) in [7, 11) is 0. The van der Waals surface area contributed by atoms with Crippen molar-refractivity contribution in [3.8, 4) is 33.4 Å². The van der Waals surface area contributed by atoms with Crippen LogP contribution >= 0.6 is 11.3 Å². The predicted octanol–water partition coefficient (Wildman–Crippen LogP) is 15.2. The quantitative estimate of drug-likeness (QED) is 0.157. The van der Waals surface area contributed by atoms with E-state index in [1.54, 1.807) is 0 Å². The van der Waals surface area contributed by atoms with Crippen molar-refractivity contribution in [3.63, 3.8) is 0 Å². The lowest BCUT2D eigenvalue weighted by molar-refractivity contribution is 0.768. The average molecular weight is 744 g/mol. The normalized spacial score (nSPS) is 12.7. The number of rotatable bonds is 7. The number of hydrogen-bond acceptors (Lipinski definition) is 2. The summed E-state index contributed by atoms with van der Waals surface area (Å²) < 4.78 is 2.58. The van der Waals surface area contributed by atoms with E-state index < -0.39 is 5.41 Å². The molecule has 57 heavy (non-hydrogen) atoms. The maximum absolute atomic E-state index is 2.48. The Morgan fingerprint density at radius 1 is 0.351 bits per heavy atom. The van der Waals surface area contributed by atoms with E-state index >= 15 is 0 Å². The van der Waals surface area contributed by atoms with Crippen LogP contribution in [-0.4, -0.2) is 0 Å². The van der Waals surface area contributed by atoms with Crippen molar-refractivity contribution in [3.05, 3.63) is 247 Å². The summed E-state index contributed by atoms with van der Waals surface area (Å²) >= 11 is 1.87. The molecule has 0 unspecified atom stereocenters. The molecular formula is C55H37NS. The molecule has 0 saturated heterocycles. The lowest BCUT2D eigenvalue weighted by Gasteiger charge is -2.35. The average Bonchev–Trinajstić information content (AvgIpc) is 3.82. The molecule has 0 saturated carbocycles. The molecule has 2 heteroatoms. The van der Waals surface area contributed by atoms with Gasteiger partial charge in [-0.2, -0.15) is 0 Å². The highest BCUT2D eigenvalue weighted by Crippen LogP contribution is 2.57. The van der Waals surface area contributed by atoms with Crippen LogP contribution in [0.25, 0.3) is 53.6 Å². The molecule has 0 bridgehead atoms. The van der Waals surface area contributed by atoms with E-state index in [0.717, 1.165) is 11.4 Å². The Kier molecular flexibility index (Phi) is 7.98. The zero-order valence-electron chi connectivity index (χ0n) is 31.2. The van der Waals surface area contributed by atoms with Gasteiger partial charge in [-0.15, -0.1) is 11.3 Å². The first-order chi connectivity index (χ1) is 28.3. The molecule has 10 aromatic rings. The van der Waals surface area contributed by atoms with Crippen molar-refractivity contribution in [1.29, 1.82) is 0 Å². The van der Waals surface area contributed by atoms with E-state index in [9.17, 15) is 0 Å². The second kappa shape index (κ2) is 13.6. The third kappa shape index (κ3) is 5.37. The van der Waals surface area contributed by atoms with Gasteiger partial charge < -0.3 is 4.90 Å². The molecule has 0 radical (unpaired) electrons. The van der Waals surface area contributed by atoms with Gasteiger partial charge in [-0.25, -0.2) is 0 Å². The molecule has 1 aromatic heterocycles. The van der Waals surface area contributed by atoms with Gasteiger partial charge in [-0.05, 0) is 92.0 Å². The maximum atomic E-state index is 2.48. The second-order valence-corrected chi connectivity index (χ2v) is 15.9. The van der Waals surface area contributed by atoms with Gasteiger partial charge in [0, 0.05) is 26.8 Å². The lowest BCUT2D eigenvalue weighted by Crippen LogP contribution is -2.28. The Balaban J connectivity index is 1.12. The highest BCUT2D eigenvalue weighted by atomic mass is 32.1. The highest BCUT2D eigenvalue weighted by Gasteiger charge is 2.46. The van der Waals surface area contributed by atoms with Gasteiger partial charge in [0.25, 0.3) is 0 Å². The number of thiophene rings is 1. The molecule has 1 aliphatic rings. The summed E-state index contributed by atoms with van der Waals surface area (Å²) in [6, 6.07) is 82.5. The fraction of sp³-hybridized carbons (Fsp3) is 0.0182. The number of nitrogens with zero attached hydrogens (tertiary/aromatic N) is 1. The van der Waals surface area contributed by atoms with Crippen molar-refractivity contribution in [1.82, 2.24) is 0 Å². The molecule has 9 aromatic carbocycles. The Morgan fingerprint density at radius 2 is 0.860 bits per heavy atom. The summed E-state index contributed by atoms with van der Waals surface area (Å²) in [5, 5.41) is 2.58. The molecule has 0 amide bonds. The molecule has 0 N–H and O–H groups in total. The Morgan fingerprint density at radius 3 is 1.54 bits per heavy atom. The van der Waals surface area contributed by atoms with Crippen molar-refractivity contribution >= 4 is 48.6 Å². The molecule has 1 aliphatic carbocycles. The summed E-state index contributed by atoms with van der Waals surface area (Å²) in [4.78, 5) is 2.48. The second-order valence-electron chi connectivity index (χ2n) is 14.8. The smallest absolute Gasteiger partial charge is 0.0714 e. The molecular weight excluding hydrogens is 707 g/mol. The minimum absolute atomic E-state index is 0.491. The van der Waals surface area contributed by atoms with Gasteiger partial charge in [0.15, 0.2) is 0 Å². The van der Waals surface area contributed by atoms with Crippen LogP contribution < -0.4 is 4.90 Å². The van der Waals surface area contributed by atoms with E-state index in [1.165, 1.54) is 81.5 Å². The number of fused-ring (bicyclic) bond motifs is 6. The number of hydrogen-bond donors (Lipinski definition) is 0. The molecule has 268 valence electrons. The minimum atomic E-state index is -0.491. The van der Waals surface area contributed by atoms with Gasteiger partial charge in [0.1, 0.15) is 0 Å². The summed E-state index contributed by atoms with van der Waals surface area (Å²) in [5.74, 6) is 0. The van der Waals surface area contributed by atoms with E-state index in [2.05, 4.69) is 229 Å². The molecule has 0 fully saturated rings. The van der Waals surface area contributed by atoms with Crippen LogP contribution in [0, 0.1) is 0 Å². The molecule has 11 rings (SSSR count). The Bertz CT molecular complexity index is 3000. The zero-order chi connectivity index (χ0) is 37.8. The van der Waals surface area contributed by atoms with Gasteiger partial charge in [-0.3, -0.25) is 0 Å². The van der Waals surface area contributed by atoms with Crippen LogP contribution in [0.1, 0.15) is 22.3 Å². The largest absolute Gasteiger partial charge is 0.309 e. The molecule has 0 atom stereocenters. The molecule has 1 nitrogen and oxygen atoms in total. The number of benzene rings is 9. The third-order valence-electron chi connectivity index (χ3n) is 11.8. The van der Waals surface area contributed by atoms with Gasteiger partial charge in [0.2, 0.25) is 0 Å². The molecule has 0 spiro atoms. The van der Waals surface area contributed by atoms with Gasteiger partial charge in [-0.1, -0.05) is 188 Å². The van der Waals surface area contributed by atoms with Crippen LogP contribution in [0.5, 0.6) is 0 Å². The first-order valence-corrected chi connectivity index (χ1v) is 20.4. The number of anilines is 3. The van der Waals surface area contributed by atoms with Crippen LogP contribution in [0.15, 0.2) is 224 Å². The fourth-order valence-electron chi connectivity index (χ4n) is 9.20. The minimum Gasteiger partial charge on any atom is -0.309 e. The molecule has 1 heterocycles.